The quantitative estimate of drug-likeness (QED) is 0.751. The van der Waals surface area contributed by atoms with Crippen molar-refractivity contribution in [3.05, 3.63) is 59.2 Å². The zero-order valence-corrected chi connectivity index (χ0v) is 15.0. The third-order valence-corrected chi connectivity index (χ3v) is 4.06. The van der Waals surface area contributed by atoms with Crippen LogP contribution in [0.2, 0.25) is 0 Å². The van der Waals surface area contributed by atoms with E-state index in [1.807, 2.05) is 13.0 Å². The van der Waals surface area contributed by atoms with Gasteiger partial charge in [-0.1, -0.05) is 6.07 Å². The molecule has 0 aromatic heterocycles. The van der Waals surface area contributed by atoms with E-state index in [0.717, 1.165) is 17.7 Å². The Bertz CT molecular complexity index is 768. The lowest BCUT2D eigenvalue weighted by atomic mass is 10.1. The Labute approximate surface area is 151 Å². The Morgan fingerprint density at radius 2 is 1.81 bits per heavy atom. The van der Waals surface area contributed by atoms with Crippen LogP contribution in [0.4, 0.5) is 8.78 Å². The lowest BCUT2D eigenvalue weighted by Crippen LogP contribution is -2.87. The minimum atomic E-state index is -0.888. The largest absolute Gasteiger partial charge is 0.493 e. The molecule has 140 valence electrons. The van der Waals surface area contributed by atoms with Gasteiger partial charge >= 0.3 is 0 Å². The van der Waals surface area contributed by atoms with E-state index < -0.39 is 11.6 Å². The first-order valence-electron chi connectivity index (χ1n) is 8.20. The molecular weight excluding hydrogens is 342 g/mol. The topological polar surface area (TPSA) is 64.2 Å². The number of rotatable bonds is 8. The fraction of sp³-hybridized carbons (Fsp3) is 0.316. The summed E-state index contributed by atoms with van der Waals surface area (Å²) >= 11 is 0. The highest BCUT2D eigenvalue weighted by Gasteiger charge is 2.14. The summed E-state index contributed by atoms with van der Waals surface area (Å²) in [7, 11) is 3.11. The molecule has 26 heavy (non-hydrogen) atoms. The van der Waals surface area contributed by atoms with Gasteiger partial charge in [0.15, 0.2) is 29.7 Å². The smallest absolute Gasteiger partial charge is 0.275 e. The molecule has 0 saturated carbocycles. The molecule has 0 heterocycles. The average molecular weight is 365 g/mol. The Morgan fingerprint density at radius 3 is 2.46 bits per heavy atom. The SMILES string of the molecule is COc1ccc(CNC(=O)C[NH2+][C@@H](C)c2ccc(F)c(F)c2)cc1OC. The van der Waals surface area contributed by atoms with E-state index in [0.29, 0.717) is 23.6 Å². The number of nitrogens with one attached hydrogen (secondary N) is 1. The number of amides is 1. The average Bonchev–Trinajstić information content (AvgIpc) is 2.66. The molecule has 1 atom stereocenters. The van der Waals surface area contributed by atoms with Crippen molar-refractivity contribution in [1.82, 2.24) is 5.32 Å². The van der Waals surface area contributed by atoms with Gasteiger partial charge in [-0.2, -0.15) is 0 Å². The fourth-order valence-electron chi connectivity index (χ4n) is 2.48. The van der Waals surface area contributed by atoms with Crippen molar-refractivity contribution in [1.29, 1.82) is 0 Å². The second kappa shape index (κ2) is 9.15. The van der Waals surface area contributed by atoms with Crippen LogP contribution in [0, 0.1) is 11.6 Å². The van der Waals surface area contributed by atoms with Crippen LogP contribution in [0.1, 0.15) is 24.1 Å². The van der Waals surface area contributed by atoms with Crippen LogP contribution in [0.15, 0.2) is 36.4 Å². The third-order valence-electron chi connectivity index (χ3n) is 4.06. The number of quaternary nitrogens is 1. The molecular formula is C19H23F2N2O3+. The second-order valence-corrected chi connectivity index (χ2v) is 5.87. The lowest BCUT2D eigenvalue weighted by molar-refractivity contribution is -0.682. The van der Waals surface area contributed by atoms with Crippen molar-refractivity contribution in [3.8, 4) is 11.5 Å². The van der Waals surface area contributed by atoms with Gasteiger partial charge in [-0.15, -0.1) is 0 Å². The second-order valence-electron chi connectivity index (χ2n) is 5.87. The van der Waals surface area contributed by atoms with Gasteiger partial charge in [0.05, 0.1) is 14.2 Å². The summed E-state index contributed by atoms with van der Waals surface area (Å²) in [6.45, 7) is 2.36. The number of ether oxygens (including phenoxy) is 2. The zero-order chi connectivity index (χ0) is 19.1. The normalized spacial score (nSPS) is 11.7. The monoisotopic (exact) mass is 365 g/mol. The molecule has 5 nitrogen and oxygen atoms in total. The maximum atomic E-state index is 13.3. The van der Waals surface area contributed by atoms with Crippen molar-refractivity contribution in [2.24, 2.45) is 0 Å². The summed E-state index contributed by atoms with van der Waals surface area (Å²) in [6.07, 6.45) is 0. The fourth-order valence-corrected chi connectivity index (χ4v) is 2.48. The third kappa shape index (κ3) is 5.16. The number of hydrogen-bond donors (Lipinski definition) is 2. The van der Waals surface area contributed by atoms with Crippen LogP contribution in [0.5, 0.6) is 11.5 Å². The van der Waals surface area contributed by atoms with E-state index >= 15 is 0 Å². The molecule has 2 aromatic rings. The van der Waals surface area contributed by atoms with Crippen LogP contribution in [-0.2, 0) is 11.3 Å². The van der Waals surface area contributed by atoms with Crippen molar-refractivity contribution < 1.29 is 28.4 Å². The highest BCUT2D eigenvalue weighted by Crippen LogP contribution is 2.27. The van der Waals surface area contributed by atoms with Gasteiger partial charge in [0.25, 0.3) is 5.91 Å². The first kappa shape index (κ1) is 19.7. The van der Waals surface area contributed by atoms with Gasteiger partial charge in [0, 0.05) is 12.1 Å². The minimum absolute atomic E-state index is 0.158. The highest BCUT2D eigenvalue weighted by molar-refractivity contribution is 5.76. The predicted molar refractivity (Wildman–Crippen MR) is 93.0 cm³/mol. The molecule has 0 aliphatic heterocycles. The molecule has 0 aliphatic rings. The number of halogens is 2. The first-order valence-corrected chi connectivity index (χ1v) is 8.20. The van der Waals surface area contributed by atoms with Crippen LogP contribution >= 0.6 is 0 Å². The number of carbonyl (C=O) groups excluding carboxylic acids is 1. The van der Waals surface area contributed by atoms with Gasteiger partial charge in [0.2, 0.25) is 0 Å². The van der Waals surface area contributed by atoms with Crippen LogP contribution in [-0.4, -0.2) is 26.7 Å². The Kier molecular flexibility index (Phi) is 6.91. The Balaban J connectivity index is 1.84. The van der Waals surface area contributed by atoms with E-state index in [9.17, 15) is 13.6 Å². The Morgan fingerprint density at radius 1 is 1.08 bits per heavy atom. The maximum absolute atomic E-state index is 13.3. The van der Waals surface area contributed by atoms with E-state index in [1.54, 1.807) is 31.7 Å². The molecule has 0 saturated heterocycles. The summed E-state index contributed by atoms with van der Waals surface area (Å²) < 4.78 is 36.6. The number of nitrogens with two attached hydrogens (primary N) is 1. The molecule has 0 unspecified atom stereocenters. The van der Waals surface area contributed by atoms with Gasteiger partial charge in [-0.3, -0.25) is 4.79 Å². The molecule has 0 radical (unpaired) electrons. The molecule has 2 aromatic carbocycles. The molecule has 1 amide bonds. The molecule has 0 fully saturated rings. The molecule has 7 heteroatoms. The molecule has 0 aliphatic carbocycles. The highest BCUT2D eigenvalue weighted by atomic mass is 19.2. The standard InChI is InChI=1S/C19H22F2N2O3/c1-12(14-5-6-15(20)16(21)9-14)22-11-19(24)23-10-13-4-7-17(25-2)18(8-13)26-3/h4-9,12,22H,10-11H2,1-3H3,(H,23,24)/p+1/t12-/m0/s1. The van der Waals surface area contributed by atoms with Crippen LogP contribution in [0.3, 0.4) is 0 Å². The molecule has 3 N–H and O–H groups in total. The number of benzene rings is 2. The van der Waals surface area contributed by atoms with Crippen molar-refractivity contribution in [2.75, 3.05) is 20.8 Å². The van der Waals surface area contributed by atoms with E-state index in [1.165, 1.54) is 6.07 Å². The van der Waals surface area contributed by atoms with Crippen molar-refractivity contribution >= 4 is 5.91 Å². The van der Waals surface area contributed by atoms with E-state index in [2.05, 4.69) is 5.32 Å². The number of hydrogen-bond acceptors (Lipinski definition) is 3. The summed E-state index contributed by atoms with van der Waals surface area (Å²) in [5.41, 5.74) is 1.50. The number of carbonyl (C=O) groups is 1. The van der Waals surface area contributed by atoms with E-state index in [4.69, 9.17) is 9.47 Å². The minimum Gasteiger partial charge on any atom is -0.493 e. The van der Waals surface area contributed by atoms with Gasteiger partial charge in [-0.05, 0) is 42.8 Å². The summed E-state index contributed by atoms with van der Waals surface area (Å²) in [6, 6.07) is 9.00. The van der Waals surface area contributed by atoms with Gasteiger partial charge in [0.1, 0.15) is 6.04 Å². The molecule has 0 spiro atoms. The Hall–Kier alpha value is -2.67. The van der Waals surface area contributed by atoms with Gasteiger partial charge in [-0.25, -0.2) is 8.78 Å². The van der Waals surface area contributed by atoms with Gasteiger partial charge < -0.3 is 20.1 Å². The first-order chi connectivity index (χ1) is 12.4. The predicted octanol–water partition coefficient (Wildman–Crippen LogP) is 1.92. The zero-order valence-electron chi connectivity index (χ0n) is 15.0. The lowest BCUT2D eigenvalue weighted by Gasteiger charge is -2.12. The summed E-state index contributed by atoms with van der Waals surface area (Å²) in [4.78, 5) is 12.0. The van der Waals surface area contributed by atoms with E-state index in [-0.39, 0.29) is 18.5 Å². The summed E-state index contributed by atoms with van der Waals surface area (Å²) in [5, 5.41) is 4.57. The van der Waals surface area contributed by atoms with Crippen molar-refractivity contribution in [3.63, 3.8) is 0 Å². The van der Waals surface area contributed by atoms with Crippen molar-refractivity contribution in [2.45, 2.75) is 19.5 Å². The number of methoxy groups -OCH3 is 2. The van der Waals surface area contributed by atoms with Crippen LogP contribution in [0.25, 0.3) is 0 Å². The molecule has 0 bridgehead atoms. The van der Waals surface area contributed by atoms with Crippen LogP contribution < -0.4 is 20.1 Å². The molecule has 2 rings (SSSR count). The maximum Gasteiger partial charge on any atom is 0.275 e. The summed E-state index contributed by atoms with van der Waals surface area (Å²) in [5.74, 6) is -0.711.